The van der Waals surface area contributed by atoms with Crippen LogP contribution in [0.2, 0.25) is 5.02 Å². The number of hydrogen-bond donors (Lipinski definition) is 2. The van der Waals surface area contributed by atoms with E-state index in [-0.39, 0.29) is 18.2 Å². The fourth-order valence-electron chi connectivity index (χ4n) is 3.29. The molecular weight excluding hydrogens is 446 g/mol. The molecule has 0 unspecified atom stereocenters. The molecule has 0 spiro atoms. The number of nitrogens with zero attached hydrogens (tertiary/aromatic N) is 3. The van der Waals surface area contributed by atoms with Crippen LogP contribution in [0.25, 0.3) is 5.69 Å². The average Bonchev–Trinajstić information content (AvgIpc) is 3.38. The molecule has 32 heavy (non-hydrogen) atoms. The van der Waals surface area contributed by atoms with E-state index in [1.807, 2.05) is 30.7 Å². The van der Waals surface area contributed by atoms with Gasteiger partial charge in [0.25, 0.3) is 5.91 Å². The molecule has 0 saturated heterocycles. The molecule has 2 aromatic heterocycles. The molecule has 2 amide bonds. The van der Waals surface area contributed by atoms with Gasteiger partial charge in [0, 0.05) is 39.1 Å². The number of carbonyl (C=O) groups is 2. The normalized spacial score (nSPS) is 10.7. The Hall–Kier alpha value is -3.49. The summed E-state index contributed by atoms with van der Waals surface area (Å²) in [6, 6.07) is 14.1. The first-order valence-corrected chi connectivity index (χ1v) is 11.1. The summed E-state index contributed by atoms with van der Waals surface area (Å²) < 4.78 is 1.81. The quantitative estimate of drug-likeness (QED) is 0.418. The second-order valence-electron chi connectivity index (χ2n) is 7.13. The lowest BCUT2D eigenvalue weighted by Gasteiger charge is -2.08. The van der Waals surface area contributed by atoms with Gasteiger partial charge in [-0.2, -0.15) is 5.10 Å². The van der Waals surface area contributed by atoms with Gasteiger partial charge in [-0.25, -0.2) is 9.67 Å². The molecule has 2 N–H and O–H groups in total. The first-order chi connectivity index (χ1) is 15.4. The average molecular weight is 466 g/mol. The molecule has 0 fully saturated rings. The Balaban J connectivity index is 1.41. The predicted octanol–water partition coefficient (Wildman–Crippen LogP) is 5.03. The molecule has 0 bridgehead atoms. The Morgan fingerprint density at radius 3 is 2.41 bits per heavy atom. The van der Waals surface area contributed by atoms with Crippen molar-refractivity contribution in [2.24, 2.45) is 0 Å². The van der Waals surface area contributed by atoms with Crippen molar-refractivity contribution in [3.63, 3.8) is 0 Å². The number of amides is 2. The van der Waals surface area contributed by atoms with E-state index >= 15 is 0 Å². The molecule has 0 saturated carbocycles. The van der Waals surface area contributed by atoms with Gasteiger partial charge in [-0.3, -0.25) is 14.9 Å². The molecule has 0 aliphatic heterocycles. The van der Waals surface area contributed by atoms with Gasteiger partial charge in [0.1, 0.15) is 0 Å². The lowest BCUT2D eigenvalue weighted by molar-refractivity contribution is -0.115. The van der Waals surface area contributed by atoms with Crippen molar-refractivity contribution in [3.05, 3.63) is 87.6 Å². The summed E-state index contributed by atoms with van der Waals surface area (Å²) in [5.41, 5.74) is 4.54. The number of halogens is 1. The Labute approximate surface area is 194 Å². The number of carbonyl (C=O) groups excluding carboxylic acids is 2. The number of nitrogens with one attached hydrogen (secondary N) is 2. The van der Waals surface area contributed by atoms with Crippen molar-refractivity contribution in [2.45, 2.75) is 20.3 Å². The summed E-state index contributed by atoms with van der Waals surface area (Å²) >= 11 is 7.32. The number of anilines is 2. The van der Waals surface area contributed by atoms with Crippen LogP contribution < -0.4 is 10.6 Å². The van der Waals surface area contributed by atoms with Gasteiger partial charge in [-0.15, -0.1) is 11.3 Å². The SMILES string of the molecule is Cc1nn(-c2ccc(Cl)cc2)c(C)c1CC(=O)Nc1ccc(C(=O)Nc2nccs2)cc1. The van der Waals surface area contributed by atoms with Crippen LogP contribution >= 0.6 is 22.9 Å². The number of aryl methyl sites for hydroxylation is 1. The van der Waals surface area contributed by atoms with Gasteiger partial charge in [0.2, 0.25) is 5.91 Å². The second kappa shape index (κ2) is 9.33. The summed E-state index contributed by atoms with van der Waals surface area (Å²) in [4.78, 5) is 28.9. The third kappa shape index (κ3) is 4.87. The summed E-state index contributed by atoms with van der Waals surface area (Å²) in [5, 5.41) is 13.2. The van der Waals surface area contributed by atoms with Crippen molar-refractivity contribution < 1.29 is 9.59 Å². The van der Waals surface area contributed by atoms with Crippen molar-refractivity contribution in [3.8, 4) is 5.69 Å². The Bertz CT molecular complexity index is 1250. The highest BCUT2D eigenvalue weighted by atomic mass is 35.5. The van der Waals surface area contributed by atoms with Crippen LogP contribution in [-0.2, 0) is 11.2 Å². The van der Waals surface area contributed by atoms with Gasteiger partial charge >= 0.3 is 0 Å². The minimum absolute atomic E-state index is 0.160. The number of aromatic nitrogens is 3. The van der Waals surface area contributed by atoms with Gasteiger partial charge in [-0.05, 0) is 62.4 Å². The highest BCUT2D eigenvalue weighted by Crippen LogP contribution is 2.21. The molecule has 2 heterocycles. The molecule has 7 nitrogen and oxygen atoms in total. The van der Waals surface area contributed by atoms with Crippen LogP contribution in [0.1, 0.15) is 27.3 Å². The van der Waals surface area contributed by atoms with E-state index in [0.717, 1.165) is 22.6 Å². The third-order valence-electron chi connectivity index (χ3n) is 4.93. The van der Waals surface area contributed by atoms with Gasteiger partial charge in [-0.1, -0.05) is 11.6 Å². The number of hydrogen-bond acceptors (Lipinski definition) is 5. The van der Waals surface area contributed by atoms with Gasteiger partial charge in [0.05, 0.1) is 17.8 Å². The second-order valence-corrected chi connectivity index (χ2v) is 8.46. The third-order valence-corrected chi connectivity index (χ3v) is 5.87. The van der Waals surface area contributed by atoms with E-state index in [0.29, 0.717) is 21.4 Å². The van der Waals surface area contributed by atoms with E-state index in [1.54, 1.807) is 48.0 Å². The van der Waals surface area contributed by atoms with Crippen LogP contribution in [0, 0.1) is 13.8 Å². The van der Waals surface area contributed by atoms with Crippen LogP contribution in [0.15, 0.2) is 60.1 Å². The summed E-state index contributed by atoms with van der Waals surface area (Å²) in [6.07, 6.45) is 1.82. The van der Waals surface area contributed by atoms with Crippen LogP contribution in [0.5, 0.6) is 0 Å². The monoisotopic (exact) mass is 465 g/mol. The topological polar surface area (TPSA) is 88.9 Å². The largest absolute Gasteiger partial charge is 0.326 e. The van der Waals surface area contributed by atoms with Crippen molar-refractivity contribution in [1.82, 2.24) is 14.8 Å². The van der Waals surface area contributed by atoms with Gasteiger partial charge < -0.3 is 5.32 Å². The molecule has 4 rings (SSSR count). The standard InChI is InChI=1S/C23H20ClN5O2S/c1-14-20(15(2)29(28-14)19-9-5-17(24)6-10-19)13-21(30)26-18-7-3-16(4-8-18)22(31)27-23-25-11-12-32-23/h3-12H,13H2,1-2H3,(H,26,30)(H,25,27,31). The number of rotatable bonds is 6. The van der Waals surface area contributed by atoms with Crippen molar-refractivity contribution >= 4 is 45.6 Å². The van der Waals surface area contributed by atoms with E-state index < -0.39 is 0 Å². The minimum atomic E-state index is -0.251. The first-order valence-electron chi connectivity index (χ1n) is 9.82. The van der Waals surface area contributed by atoms with Crippen LogP contribution in [-0.4, -0.2) is 26.6 Å². The summed E-state index contributed by atoms with van der Waals surface area (Å²) in [7, 11) is 0. The highest BCUT2D eigenvalue weighted by Gasteiger charge is 2.16. The molecule has 9 heteroatoms. The maximum Gasteiger partial charge on any atom is 0.257 e. The minimum Gasteiger partial charge on any atom is -0.326 e. The zero-order chi connectivity index (χ0) is 22.7. The van der Waals surface area contributed by atoms with E-state index in [4.69, 9.17) is 11.6 Å². The summed E-state index contributed by atoms with van der Waals surface area (Å²) in [6.45, 7) is 3.82. The first kappa shape index (κ1) is 21.7. The maximum atomic E-state index is 12.7. The molecule has 0 aliphatic rings. The van der Waals surface area contributed by atoms with Crippen LogP contribution in [0.4, 0.5) is 10.8 Å². The van der Waals surface area contributed by atoms with E-state index in [2.05, 4.69) is 20.7 Å². The zero-order valence-electron chi connectivity index (χ0n) is 17.4. The van der Waals surface area contributed by atoms with Crippen LogP contribution in [0.3, 0.4) is 0 Å². The lowest BCUT2D eigenvalue weighted by Crippen LogP contribution is -2.16. The molecule has 4 aromatic rings. The smallest absolute Gasteiger partial charge is 0.257 e. The van der Waals surface area contributed by atoms with Gasteiger partial charge in [0.15, 0.2) is 5.13 Å². The Morgan fingerprint density at radius 2 is 1.75 bits per heavy atom. The number of benzene rings is 2. The fourth-order valence-corrected chi connectivity index (χ4v) is 3.94. The molecule has 0 atom stereocenters. The summed E-state index contributed by atoms with van der Waals surface area (Å²) in [5.74, 6) is -0.412. The van der Waals surface area contributed by atoms with E-state index in [9.17, 15) is 9.59 Å². The predicted molar refractivity (Wildman–Crippen MR) is 127 cm³/mol. The fraction of sp³-hybridized carbons (Fsp3) is 0.130. The molecule has 0 radical (unpaired) electrons. The molecule has 0 aliphatic carbocycles. The molecule has 2 aromatic carbocycles. The molecule has 162 valence electrons. The highest BCUT2D eigenvalue weighted by molar-refractivity contribution is 7.13. The Morgan fingerprint density at radius 1 is 1.03 bits per heavy atom. The zero-order valence-corrected chi connectivity index (χ0v) is 19.0. The maximum absolute atomic E-state index is 12.7. The van der Waals surface area contributed by atoms with Crippen molar-refractivity contribution in [1.29, 1.82) is 0 Å². The lowest BCUT2D eigenvalue weighted by atomic mass is 10.1. The Kier molecular flexibility index (Phi) is 6.34. The van der Waals surface area contributed by atoms with E-state index in [1.165, 1.54) is 11.3 Å². The number of thiazole rings is 1. The molecular formula is C23H20ClN5O2S. The van der Waals surface area contributed by atoms with Crippen molar-refractivity contribution in [2.75, 3.05) is 10.6 Å².